The van der Waals surface area contributed by atoms with Crippen molar-refractivity contribution in [3.63, 3.8) is 0 Å². The summed E-state index contributed by atoms with van der Waals surface area (Å²) in [6.45, 7) is 2.07. The molecule has 114 valence electrons. The van der Waals surface area contributed by atoms with Crippen LogP contribution in [0, 0.1) is 5.92 Å². The molecule has 0 radical (unpaired) electrons. The van der Waals surface area contributed by atoms with Gasteiger partial charge in [-0.25, -0.2) is 16.8 Å². The number of hydrogen-bond acceptors (Lipinski definition) is 5. The topological polar surface area (TPSA) is 80.3 Å². The quantitative estimate of drug-likeness (QED) is 0.777. The Morgan fingerprint density at radius 1 is 1.11 bits per heavy atom. The minimum atomic E-state index is -3.36. The molecule has 1 saturated carbocycles. The van der Waals surface area contributed by atoms with Crippen LogP contribution in [0.5, 0.6) is 0 Å². The van der Waals surface area contributed by atoms with Crippen LogP contribution in [0.2, 0.25) is 0 Å². The highest BCUT2D eigenvalue weighted by molar-refractivity contribution is 7.95. The number of hydrogen-bond donors (Lipinski definition) is 1. The van der Waals surface area contributed by atoms with Gasteiger partial charge in [0.15, 0.2) is 9.84 Å². The SMILES string of the molecule is CCC1CCC(NC)C(S(=O)(=O)CCS(C)(=O)=O)C1. The van der Waals surface area contributed by atoms with Crippen LogP contribution in [0.15, 0.2) is 0 Å². The third-order valence-corrected chi connectivity index (χ3v) is 7.47. The van der Waals surface area contributed by atoms with Gasteiger partial charge in [0, 0.05) is 12.3 Å². The second-order valence-corrected chi connectivity index (χ2v) is 10.1. The Kier molecular flexibility index (Phi) is 5.82. The third kappa shape index (κ3) is 5.04. The van der Waals surface area contributed by atoms with Crippen molar-refractivity contribution in [3.05, 3.63) is 0 Å². The molecule has 0 amide bonds. The summed E-state index contributed by atoms with van der Waals surface area (Å²) in [6, 6.07) is -0.0487. The van der Waals surface area contributed by atoms with Crippen molar-refractivity contribution in [1.82, 2.24) is 5.32 Å². The van der Waals surface area contributed by atoms with Gasteiger partial charge in [-0.3, -0.25) is 0 Å². The van der Waals surface area contributed by atoms with Crippen molar-refractivity contribution in [2.45, 2.75) is 43.9 Å². The Balaban J connectivity index is 2.82. The van der Waals surface area contributed by atoms with Gasteiger partial charge in [-0.2, -0.15) is 0 Å². The fourth-order valence-electron chi connectivity index (χ4n) is 2.73. The molecule has 0 heterocycles. The van der Waals surface area contributed by atoms with E-state index in [1.165, 1.54) is 0 Å². The second-order valence-electron chi connectivity index (χ2n) is 5.52. The Morgan fingerprint density at radius 2 is 1.74 bits per heavy atom. The lowest BCUT2D eigenvalue weighted by molar-refractivity contribution is 0.296. The van der Waals surface area contributed by atoms with Gasteiger partial charge < -0.3 is 5.32 Å². The average Bonchev–Trinajstić information content (AvgIpc) is 2.35. The molecule has 0 spiro atoms. The highest BCUT2D eigenvalue weighted by Crippen LogP contribution is 2.31. The third-order valence-electron chi connectivity index (χ3n) is 4.05. The van der Waals surface area contributed by atoms with Gasteiger partial charge in [0.25, 0.3) is 0 Å². The fraction of sp³-hybridized carbons (Fsp3) is 1.00. The number of sulfone groups is 2. The van der Waals surface area contributed by atoms with Crippen molar-refractivity contribution in [1.29, 1.82) is 0 Å². The molecule has 0 saturated heterocycles. The highest BCUT2D eigenvalue weighted by atomic mass is 32.2. The Hall–Kier alpha value is -0.140. The van der Waals surface area contributed by atoms with Crippen molar-refractivity contribution < 1.29 is 16.8 Å². The van der Waals surface area contributed by atoms with Gasteiger partial charge in [-0.05, 0) is 32.2 Å². The molecule has 0 aliphatic heterocycles. The lowest BCUT2D eigenvalue weighted by atomic mass is 9.84. The Labute approximate surface area is 117 Å². The predicted molar refractivity (Wildman–Crippen MR) is 77.8 cm³/mol. The predicted octanol–water partition coefficient (Wildman–Crippen LogP) is 0.613. The van der Waals surface area contributed by atoms with Gasteiger partial charge in [0.2, 0.25) is 0 Å². The summed E-state index contributed by atoms with van der Waals surface area (Å²) >= 11 is 0. The molecule has 1 rings (SSSR count). The minimum Gasteiger partial charge on any atom is -0.316 e. The zero-order chi connectivity index (χ0) is 14.7. The van der Waals surface area contributed by atoms with Crippen LogP contribution >= 0.6 is 0 Å². The molecule has 7 heteroatoms. The zero-order valence-corrected chi connectivity index (χ0v) is 13.6. The Bertz CT molecular complexity index is 484. The zero-order valence-electron chi connectivity index (χ0n) is 11.9. The summed E-state index contributed by atoms with van der Waals surface area (Å²) < 4.78 is 47.0. The molecule has 3 atom stereocenters. The van der Waals surface area contributed by atoms with Gasteiger partial charge in [0.1, 0.15) is 9.84 Å². The molecule has 0 aromatic rings. The second kappa shape index (κ2) is 6.54. The highest BCUT2D eigenvalue weighted by Gasteiger charge is 2.37. The van der Waals surface area contributed by atoms with Crippen molar-refractivity contribution in [3.8, 4) is 0 Å². The summed E-state index contributed by atoms with van der Waals surface area (Å²) in [5.74, 6) is -0.105. The van der Waals surface area contributed by atoms with Crippen LogP contribution in [0.1, 0.15) is 32.6 Å². The first-order chi connectivity index (χ1) is 8.69. The van der Waals surface area contributed by atoms with Crippen molar-refractivity contribution in [2.24, 2.45) is 5.92 Å². The minimum absolute atomic E-state index is 0.0487. The van der Waals surface area contributed by atoms with Gasteiger partial charge in [-0.1, -0.05) is 13.3 Å². The molecule has 0 bridgehead atoms. The lowest BCUT2D eigenvalue weighted by Crippen LogP contribution is -2.48. The summed E-state index contributed by atoms with van der Waals surface area (Å²) in [5, 5.41) is 2.63. The van der Waals surface area contributed by atoms with Crippen LogP contribution in [-0.2, 0) is 19.7 Å². The van der Waals surface area contributed by atoms with E-state index in [1.54, 1.807) is 7.05 Å². The molecule has 1 aliphatic rings. The molecule has 0 aromatic heterocycles. The fourth-order valence-corrected chi connectivity index (χ4v) is 6.51. The summed E-state index contributed by atoms with van der Waals surface area (Å²) in [6.07, 6.45) is 4.59. The summed E-state index contributed by atoms with van der Waals surface area (Å²) in [7, 11) is -4.83. The van der Waals surface area contributed by atoms with Crippen LogP contribution < -0.4 is 5.32 Å². The first kappa shape index (κ1) is 16.9. The summed E-state index contributed by atoms with van der Waals surface area (Å²) in [4.78, 5) is 0. The molecular weight excluding hydrogens is 286 g/mol. The van der Waals surface area contributed by atoms with E-state index >= 15 is 0 Å². The van der Waals surface area contributed by atoms with Crippen LogP contribution in [0.25, 0.3) is 0 Å². The first-order valence-electron chi connectivity index (χ1n) is 6.76. The van der Waals surface area contributed by atoms with E-state index in [9.17, 15) is 16.8 Å². The van der Waals surface area contributed by atoms with E-state index in [1.807, 2.05) is 0 Å². The molecule has 1 fully saturated rings. The maximum Gasteiger partial charge on any atom is 0.155 e. The molecule has 5 nitrogen and oxygen atoms in total. The standard InChI is InChI=1S/C12H25NO4S2/c1-4-10-5-6-11(13-2)12(9-10)19(16,17)8-7-18(3,14)15/h10-13H,4-9H2,1-3H3. The van der Waals surface area contributed by atoms with E-state index in [-0.39, 0.29) is 17.5 Å². The maximum absolute atomic E-state index is 12.4. The first-order valence-corrected chi connectivity index (χ1v) is 10.5. The average molecular weight is 311 g/mol. The normalized spacial score (nSPS) is 29.3. The summed E-state index contributed by atoms with van der Waals surface area (Å²) in [5.41, 5.74) is 0. The van der Waals surface area contributed by atoms with Gasteiger partial charge >= 0.3 is 0 Å². The monoisotopic (exact) mass is 311 g/mol. The van der Waals surface area contributed by atoms with E-state index in [4.69, 9.17) is 0 Å². The van der Waals surface area contributed by atoms with Crippen molar-refractivity contribution >= 4 is 19.7 Å². The molecule has 3 unspecified atom stereocenters. The smallest absolute Gasteiger partial charge is 0.155 e. The van der Waals surface area contributed by atoms with E-state index < -0.39 is 24.9 Å². The molecular formula is C12H25NO4S2. The van der Waals surface area contributed by atoms with Crippen LogP contribution in [0.4, 0.5) is 0 Å². The number of rotatable bonds is 6. The Morgan fingerprint density at radius 3 is 2.21 bits per heavy atom. The lowest BCUT2D eigenvalue weighted by Gasteiger charge is -2.35. The molecule has 19 heavy (non-hydrogen) atoms. The molecule has 0 aromatic carbocycles. The number of nitrogens with one attached hydrogen (secondary N) is 1. The van der Waals surface area contributed by atoms with E-state index in [0.29, 0.717) is 12.3 Å². The van der Waals surface area contributed by atoms with E-state index in [0.717, 1.165) is 25.5 Å². The van der Waals surface area contributed by atoms with Crippen LogP contribution in [0.3, 0.4) is 0 Å². The maximum atomic E-state index is 12.4. The van der Waals surface area contributed by atoms with Gasteiger partial charge in [0.05, 0.1) is 16.8 Å². The molecule has 1 N–H and O–H groups in total. The molecule has 1 aliphatic carbocycles. The van der Waals surface area contributed by atoms with Crippen LogP contribution in [-0.4, -0.2) is 52.9 Å². The van der Waals surface area contributed by atoms with E-state index in [2.05, 4.69) is 12.2 Å². The van der Waals surface area contributed by atoms with Crippen molar-refractivity contribution in [2.75, 3.05) is 24.8 Å². The van der Waals surface area contributed by atoms with Gasteiger partial charge in [-0.15, -0.1) is 0 Å². The largest absolute Gasteiger partial charge is 0.316 e.